The summed E-state index contributed by atoms with van der Waals surface area (Å²) in [5.41, 5.74) is -2.58. The molecule has 1 unspecified atom stereocenters. The van der Waals surface area contributed by atoms with Gasteiger partial charge in [-0.25, -0.2) is 0 Å². The molecule has 162 valence electrons. The van der Waals surface area contributed by atoms with Gasteiger partial charge >= 0.3 is 0 Å². The molecule has 0 aliphatic heterocycles. The number of aliphatic hydroxyl groups excluding tert-OH is 1. The molecule has 0 saturated heterocycles. The maximum absolute atomic E-state index is 10.7. The van der Waals surface area contributed by atoms with E-state index in [1.165, 1.54) is 19.6 Å². The molecule has 2 rings (SSSR count). The van der Waals surface area contributed by atoms with Gasteiger partial charge in [-0.05, 0) is 38.4 Å². The standard InChI is InChI=1S/C14H20O7.C6H15N/c15-6-14(21,7-4-2-1-3-5-7)8-9(16)11(18)13(20)12(19)10(8)17;1-4-7(5-2)6-3/h7,15-21H,1-6H2;4-6H2,1-3H3. The summed E-state index contributed by atoms with van der Waals surface area (Å²) in [6.07, 6.45) is 3.77. The van der Waals surface area contributed by atoms with Gasteiger partial charge in [0, 0.05) is 0 Å². The van der Waals surface area contributed by atoms with E-state index in [1.54, 1.807) is 0 Å². The van der Waals surface area contributed by atoms with E-state index in [2.05, 4.69) is 25.7 Å². The minimum Gasteiger partial charge on any atom is -0.504 e. The van der Waals surface area contributed by atoms with Gasteiger partial charge < -0.3 is 40.6 Å². The van der Waals surface area contributed by atoms with E-state index in [-0.39, 0.29) is 0 Å². The second kappa shape index (κ2) is 10.6. The second-order valence-corrected chi connectivity index (χ2v) is 7.15. The topological polar surface area (TPSA) is 145 Å². The molecule has 1 fully saturated rings. The van der Waals surface area contributed by atoms with E-state index in [1.807, 2.05) is 0 Å². The number of benzene rings is 1. The third kappa shape index (κ3) is 4.92. The molecule has 0 heterocycles. The van der Waals surface area contributed by atoms with Gasteiger partial charge in [-0.15, -0.1) is 0 Å². The highest BCUT2D eigenvalue weighted by Crippen LogP contribution is 2.56. The van der Waals surface area contributed by atoms with Crippen LogP contribution in [0.3, 0.4) is 0 Å². The molecule has 1 saturated carbocycles. The number of aromatic hydroxyl groups is 5. The lowest BCUT2D eigenvalue weighted by Gasteiger charge is -2.38. The number of aliphatic hydroxyl groups is 2. The summed E-state index contributed by atoms with van der Waals surface area (Å²) >= 11 is 0. The van der Waals surface area contributed by atoms with Crippen molar-refractivity contribution in [3.8, 4) is 28.7 Å². The Morgan fingerprint density at radius 2 is 1.14 bits per heavy atom. The Bertz CT molecular complexity index is 593. The Hall–Kier alpha value is -1.90. The summed E-state index contributed by atoms with van der Waals surface area (Å²) in [6, 6.07) is 0. The van der Waals surface area contributed by atoms with Crippen molar-refractivity contribution in [2.24, 2.45) is 5.92 Å². The molecule has 1 aromatic rings. The van der Waals surface area contributed by atoms with Gasteiger partial charge in [0.25, 0.3) is 0 Å². The second-order valence-electron chi connectivity index (χ2n) is 7.15. The van der Waals surface area contributed by atoms with E-state index in [9.17, 15) is 35.7 Å². The summed E-state index contributed by atoms with van der Waals surface area (Å²) in [6.45, 7) is 9.32. The summed E-state index contributed by atoms with van der Waals surface area (Å²) in [5, 5.41) is 68.7. The molecule has 1 atom stereocenters. The zero-order chi connectivity index (χ0) is 21.5. The lowest BCUT2D eigenvalue weighted by atomic mass is 9.73. The van der Waals surface area contributed by atoms with Crippen molar-refractivity contribution < 1.29 is 35.7 Å². The van der Waals surface area contributed by atoms with Crippen LogP contribution < -0.4 is 0 Å². The van der Waals surface area contributed by atoms with E-state index in [0.29, 0.717) is 12.8 Å². The predicted molar refractivity (Wildman–Crippen MR) is 106 cm³/mol. The molecule has 0 bridgehead atoms. The monoisotopic (exact) mass is 401 g/mol. The lowest BCUT2D eigenvalue weighted by Crippen LogP contribution is -2.40. The third-order valence-corrected chi connectivity index (χ3v) is 5.67. The van der Waals surface area contributed by atoms with Gasteiger partial charge in [0.2, 0.25) is 17.2 Å². The first-order valence-corrected chi connectivity index (χ1v) is 9.94. The molecule has 28 heavy (non-hydrogen) atoms. The zero-order valence-electron chi connectivity index (χ0n) is 17.0. The molecule has 1 aliphatic rings. The largest absolute Gasteiger partial charge is 0.504 e. The summed E-state index contributed by atoms with van der Waals surface area (Å²) in [7, 11) is 0. The molecule has 1 aromatic carbocycles. The highest BCUT2D eigenvalue weighted by atomic mass is 16.4. The van der Waals surface area contributed by atoms with Gasteiger partial charge in [-0.3, -0.25) is 0 Å². The van der Waals surface area contributed by atoms with Gasteiger partial charge in [0.05, 0.1) is 12.2 Å². The molecule has 0 aromatic heterocycles. The first-order valence-electron chi connectivity index (χ1n) is 9.94. The van der Waals surface area contributed by atoms with Crippen LogP contribution in [0.5, 0.6) is 28.7 Å². The molecule has 7 N–H and O–H groups in total. The van der Waals surface area contributed by atoms with Gasteiger partial charge in [0.1, 0.15) is 5.60 Å². The summed E-state index contributed by atoms with van der Waals surface area (Å²) in [4.78, 5) is 2.38. The molecular weight excluding hydrogens is 366 g/mol. The van der Waals surface area contributed by atoms with Crippen molar-refractivity contribution in [2.45, 2.75) is 58.5 Å². The highest BCUT2D eigenvalue weighted by molar-refractivity contribution is 5.69. The van der Waals surface area contributed by atoms with Crippen LogP contribution in [0.4, 0.5) is 0 Å². The number of hydrogen-bond donors (Lipinski definition) is 7. The number of phenols is 5. The maximum atomic E-state index is 10.7. The van der Waals surface area contributed by atoms with Crippen LogP contribution in [0.25, 0.3) is 0 Å². The zero-order valence-corrected chi connectivity index (χ0v) is 17.0. The SMILES string of the molecule is CCN(CC)CC.OCC(O)(c1c(O)c(O)c(O)c(O)c1O)C1CCCCC1. The number of nitrogens with zero attached hydrogens (tertiary/aromatic N) is 1. The molecule has 0 amide bonds. The van der Waals surface area contributed by atoms with Crippen molar-refractivity contribution in [3.05, 3.63) is 5.56 Å². The quantitative estimate of drug-likeness (QED) is 0.284. The Morgan fingerprint density at radius 3 is 1.46 bits per heavy atom. The molecular formula is C20H35NO7. The Morgan fingerprint density at radius 1 is 0.750 bits per heavy atom. The number of hydrogen-bond acceptors (Lipinski definition) is 8. The fourth-order valence-corrected chi connectivity index (χ4v) is 3.76. The number of phenolic OH excluding ortho intramolecular Hbond substituents is 5. The van der Waals surface area contributed by atoms with Gasteiger partial charge in [-0.1, -0.05) is 40.0 Å². The van der Waals surface area contributed by atoms with Crippen molar-refractivity contribution in [1.82, 2.24) is 4.90 Å². The molecule has 8 nitrogen and oxygen atoms in total. The Labute approximate surface area is 166 Å². The smallest absolute Gasteiger partial charge is 0.208 e. The van der Waals surface area contributed by atoms with Crippen LogP contribution in [0.2, 0.25) is 0 Å². The van der Waals surface area contributed by atoms with E-state index < -0.39 is 52.4 Å². The van der Waals surface area contributed by atoms with Crippen LogP contribution >= 0.6 is 0 Å². The minimum absolute atomic E-state index is 0.448. The van der Waals surface area contributed by atoms with Crippen LogP contribution in [-0.4, -0.2) is 66.9 Å². The fourth-order valence-electron chi connectivity index (χ4n) is 3.76. The van der Waals surface area contributed by atoms with E-state index >= 15 is 0 Å². The first kappa shape index (κ1) is 24.1. The molecule has 0 radical (unpaired) electrons. The predicted octanol–water partition coefficient (Wildman–Crippen LogP) is 2.32. The van der Waals surface area contributed by atoms with Crippen molar-refractivity contribution >= 4 is 0 Å². The van der Waals surface area contributed by atoms with Crippen LogP contribution in [0, 0.1) is 5.92 Å². The van der Waals surface area contributed by atoms with Crippen LogP contribution in [-0.2, 0) is 5.60 Å². The van der Waals surface area contributed by atoms with Crippen molar-refractivity contribution in [3.63, 3.8) is 0 Å². The third-order valence-electron chi connectivity index (χ3n) is 5.67. The molecule has 0 spiro atoms. The van der Waals surface area contributed by atoms with Crippen molar-refractivity contribution in [1.29, 1.82) is 0 Å². The van der Waals surface area contributed by atoms with Gasteiger partial charge in [-0.2, -0.15) is 0 Å². The van der Waals surface area contributed by atoms with Crippen LogP contribution in [0.15, 0.2) is 0 Å². The van der Waals surface area contributed by atoms with Gasteiger partial charge in [0.15, 0.2) is 11.5 Å². The maximum Gasteiger partial charge on any atom is 0.208 e. The van der Waals surface area contributed by atoms with Crippen molar-refractivity contribution in [2.75, 3.05) is 26.2 Å². The Balaban J connectivity index is 0.000000480. The normalized spacial score (nSPS) is 17.1. The summed E-state index contributed by atoms with van der Waals surface area (Å²) < 4.78 is 0. The molecule has 1 aliphatic carbocycles. The first-order chi connectivity index (χ1) is 13.2. The average Bonchev–Trinajstić information content (AvgIpc) is 2.73. The Kier molecular flexibility index (Phi) is 9.13. The van der Waals surface area contributed by atoms with E-state index in [0.717, 1.165) is 19.3 Å². The minimum atomic E-state index is -2.02. The van der Waals surface area contributed by atoms with Crippen LogP contribution in [0.1, 0.15) is 58.4 Å². The highest BCUT2D eigenvalue weighted by Gasteiger charge is 2.44. The average molecular weight is 402 g/mol. The fraction of sp³-hybridized carbons (Fsp3) is 0.700. The number of rotatable bonds is 6. The van der Waals surface area contributed by atoms with E-state index in [4.69, 9.17) is 0 Å². The summed E-state index contributed by atoms with van der Waals surface area (Å²) in [5.74, 6) is -5.55. The lowest BCUT2D eigenvalue weighted by molar-refractivity contribution is -0.0817. The molecule has 8 heteroatoms.